The summed E-state index contributed by atoms with van der Waals surface area (Å²) in [5, 5.41) is 0. The molecule has 0 heterocycles. The largest absolute Gasteiger partial charge is 0.382 e. The van der Waals surface area contributed by atoms with Crippen LogP contribution in [0.15, 0.2) is 0 Å². The minimum absolute atomic E-state index is 0.844. The number of hydrogen-bond donors (Lipinski definition) is 0. The zero-order chi connectivity index (χ0) is 86.0. The van der Waals surface area contributed by atoms with Gasteiger partial charge in [-0.05, 0) is 208 Å². The van der Waals surface area contributed by atoms with Crippen molar-refractivity contribution in [2.24, 2.45) is 0 Å². The van der Waals surface area contributed by atoms with Crippen LogP contribution in [-0.2, 0) is 71.1 Å². The molecule has 0 fully saturated rings. The Labute approximate surface area is 671 Å². The van der Waals surface area contributed by atoms with Crippen LogP contribution in [0, 0.1) is 0 Å². The number of unbranched alkanes of at least 4 members (excludes halogenated alkanes) is 15. The van der Waals surface area contributed by atoms with Gasteiger partial charge < -0.3 is 71.1 Å². The fourth-order valence-electron chi connectivity index (χ4n) is 5.56. The molecular weight excluding hydrogens is 1320 g/mol. The summed E-state index contributed by atoms with van der Waals surface area (Å²) in [6.45, 7) is 107. The van der Waals surface area contributed by atoms with E-state index in [-0.39, 0.29) is 0 Å². The first-order valence-corrected chi connectivity index (χ1v) is 44.4. The van der Waals surface area contributed by atoms with E-state index in [1.54, 1.807) is 0 Å². The van der Waals surface area contributed by atoms with Gasteiger partial charge in [0.25, 0.3) is 0 Å². The minimum atomic E-state index is 0.844. The number of rotatable bonds is 45. The fourth-order valence-corrected chi connectivity index (χ4v) is 5.56. The summed E-state index contributed by atoms with van der Waals surface area (Å²) in [5.41, 5.74) is 0. The summed E-state index contributed by atoms with van der Waals surface area (Å²) in [6, 6.07) is 0. The second-order valence-corrected chi connectivity index (χ2v) is 20.3. The Kier molecular flexibility index (Phi) is 390. The lowest BCUT2D eigenvalue weighted by atomic mass is 10.2. The van der Waals surface area contributed by atoms with E-state index in [4.69, 9.17) is 71.1 Å². The number of hydrogen-bond acceptors (Lipinski definition) is 15. The van der Waals surface area contributed by atoms with Crippen LogP contribution in [0.4, 0.5) is 0 Å². The Morgan fingerprint density at radius 2 is 0.114 bits per heavy atom. The molecule has 0 N–H and O–H groups in total. The third kappa shape index (κ3) is 539. The van der Waals surface area contributed by atoms with Gasteiger partial charge in [-0.1, -0.05) is 198 Å². The Hall–Kier alpha value is -0.600. The smallest absolute Gasteiger partial charge is 0.0437 e. The van der Waals surface area contributed by atoms with E-state index in [9.17, 15) is 0 Å². The van der Waals surface area contributed by atoms with E-state index in [2.05, 4.69) is 69.2 Å². The zero-order valence-corrected chi connectivity index (χ0v) is 81.5. The molecule has 0 aliphatic carbocycles. The van der Waals surface area contributed by atoms with E-state index in [0.717, 1.165) is 198 Å². The standard InChI is InChI=1S/5C6H14.15C4H10O/c5*1-3-5-6-4-2;15*1-3-5-4-2/h5*3-6H2,1-2H3;15*3-4H2,1-2H3. The maximum atomic E-state index is 4.83. The van der Waals surface area contributed by atoms with Gasteiger partial charge in [-0.15, -0.1) is 0 Å². The van der Waals surface area contributed by atoms with Crippen molar-refractivity contribution < 1.29 is 71.1 Å². The van der Waals surface area contributed by atoms with Crippen LogP contribution in [-0.4, -0.2) is 198 Å². The molecule has 0 amide bonds. The fraction of sp³-hybridized carbons (Fsp3) is 1.00. The summed E-state index contributed by atoms with van der Waals surface area (Å²) in [4.78, 5) is 0. The van der Waals surface area contributed by atoms with Crippen LogP contribution < -0.4 is 0 Å². The lowest BCUT2D eigenvalue weighted by Crippen LogP contribution is -1.84. The first-order valence-electron chi connectivity index (χ1n) is 44.4. The molecule has 0 aliphatic heterocycles. The SMILES string of the molecule is CCCCCC.CCCCCC.CCCCCC.CCCCCC.CCCCCC.CCOCC.CCOCC.CCOCC.CCOCC.CCOCC.CCOCC.CCOCC.CCOCC.CCOCC.CCOCC.CCOCC.CCOCC.CCOCC.CCOCC.CCOCC. The van der Waals surface area contributed by atoms with Crippen molar-refractivity contribution in [3.8, 4) is 0 Å². The molecule has 0 aromatic heterocycles. The monoisotopic (exact) mass is 1540 g/mol. The predicted molar refractivity (Wildman–Crippen MR) is 482 cm³/mol. The molecule has 15 nitrogen and oxygen atoms in total. The van der Waals surface area contributed by atoms with E-state index >= 15 is 0 Å². The Morgan fingerprint density at radius 3 is 0.124 bits per heavy atom. The van der Waals surface area contributed by atoms with Gasteiger partial charge in [0.1, 0.15) is 0 Å². The third-order valence-corrected chi connectivity index (χ3v) is 10.9. The first kappa shape index (κ1) is 157. The van der Waals surface area contributed by atoms with Crippen molar-refractivity contribution in [1.29, 1.82) is 0 Å². The van der Waals surface area contributed by atoms with Crippen LogP contribution in [0.3, 0.4) is 0 Å². The van der Waals surface area contributed by atoms with Gasteiger partial charge in [0.05, 0.1) is 0 Å². The molecule has 0 saturated heterocycles. The molecule has 0 aliphatic rings. The minimum Gasteiger partial charge on any atom is -0.382 e. The van der Waals surface area contributed by atoms with Crippen LogP contribution in [0.25, 0.3) is 0 Å². The van der Waals surface area contributed by atoms with E-state index < -0.39 is 0 Å². The molecule has 0 bridgehead atoms. The summed E-state index contributed by atoms with van der Waals surface area (Å²) < 4.78 is 72.5. The molecular formula is C90H220O15. The number of ether oxygens (including phenoxy) is 15. The maximum absolute atomic E-state index is 4.83. The Morgan fingerprint density at radius 1 is 0.0762 bits per heavy atom. The molecule has 0 aromatic rings. The highest BCUT2D eigenvalue weighted by Gasteiger charge is 1.79. The van der Waals surface area contributed by atoms with Crippen molar-refractivity contribution in [2.45, 2.75) is 405 Å². The van der Waals surface area contributed by atoms with Gasteiger partial charge >= 0.3 is 0 Å². The molecule has 0 atom stereocenters. The molecule has 105 heavy (non-hydrogen) atoms. The summed E-state index contributed by atoms with van der Waals surface area (Å²) in [7, 11) is 0. The van der Waals surface area contributed by atoms with Gasteiger partial charge in [-0.2, -0.15) is 0 Å². The van der Waals surface area contributed by atoms with Crippen molar-refractivity contribution in [3.63, 3.8) is 0 Å². The zero-order valence-electron chi connectivity index (χ0n) is 81.5. The second kappa shape index (κ2) is 261. The van der Waals surface area contributed by atoms with Crippen molar-refractivity contribution >= 4 is 0 Å². The highest BCUT2D eigenvalue weighted by Crippen LogP contribution is 1.98. The van der Waals surface area contributed by atoms with Crippen molar-refractivity contribution in [1.82, 2.24) is 0 Å². The lowest BCUT2D eigenvalue weighted by Gasteiger charge is -1.86. The van der Waals surface area contributed by atoms with Gasteiger partial charge in [-0.25, -0.2) is 0 Å². The lowest BCUT2D eigenvalue weighted by molar-refractivity contribution is 0.162. The predicted octanol–water partition coefficient (Wildman–Crippen LogP) is 28.6. The molecule has 0 radical (unpaired) electrons. The highest BCUT2D eigenvalue weighted by atomic mass is 16.5. The van der Waals surface area contributed by atoms with Crippen LogP contribution >= 0.6 is 0 Å². The van der Waals surface area contributed by atoms with Crippen molar-refractivity contribution in [2.75, 3.05) is 198 Å². The average Bonchev–Trinajstić information content (AvgIpc) is 3.66. The van der Waals surface area contributed by atoms with Crippen LogP contribution in [0.2, 0.25) is 0 Å². The van der Waals surface area contributed by atoms with Gasteiger partial charge in [0.2, 0.25) is 0 Å². The molecule has 0 rings (SSSR count). The van der Waals surface area contributed by atoms with Gasteiger partial charge in [0.15, 0.2) is 0 Å². The molecule has 670 valence electrons. The molecule has 0 spiro atoms. The maximum Gasteiger partial charge on any atom is 0.0437 e. The normalized spacial score (nSPS) is 8.57. The highest BCUT2D eigenvalue weighted by molar-refractivity contribution is 4.34. The Balaban J connectivity index is -0.0000000403. The van der Waals surface area contributed by atoms with Crippen molar-refractivity contribution in [3.05, 3.63) is 0 Å². The summed E-state index contributed by atoms with van der Waals surface area (Å²) in [6.07, 6.45) is 27.7. The van der Waals surface area contributed by atoms with E-state index in [1.165, 1.54) is 128 Å². The topological polar surface area (TPSA) is 138 Å². The average molecular weight is 1540 g/mol. The van der Waals surface area contributed by atoms with Crippen LogP contribution in [0.5, 0.6) is 0 Å². The molecule has 0 aromatic carbocycles. The van der Waals surface area contributed by atoms with Gasteiger partial charge in [-0.3, -0.25) is 0 Å². The summed E-state index contributed by atoms with van der Waals surface area (Å²) in [5.74, 6) is 0. The Bertz CT molecular complexity index is 573. The summed E-state index contributed by atoms with van der Waals surface area (Å²) >= 11 is 0. The molecule has 0 saturated carbocycles. The van der Waals surface area contributed by atoms with E-state index in [0.29, 0.717) is 0 Å². The molecule has 15 heteroatoms. The first-order chi connectivity index (χ1) is 50.8. The molecule has 0 unspecified atom stereocenters. The van der Waals surface area contributed by atoms with Crippen LogP contribution in [0.1, 0.15) is 405 Å². The van der Waals surface area contributed by atoms with Gasteiger partial charge in [0, 0.05) is 198 Å². The quantitative estimate of drug-likeness (QED) is 0.0534. The van der Waals surface area contributed by atoms with E-state index in [1.807, 2.05) is 208 Å². The third-order valence-electron chi connectivity index (χ3n) is 10.9. The second-order valence-electron chi connectivity index (χ2n) is 20.3.